The van der Waals surface area contributed by atoms with Crippen molar-refractivity contribution >= 4 is 0 Å². The summed E-state index contributed by atoms with van der Waals surface area (Å²) in [5.74, 6) is 0. The zero-order chi connectivity index (χ0) is 46.6. The van der Waals surface area contributed by atoms with Crippen LogP contribution in [0.2, 0.25) is 0 Å². The summed E-state index contributed by atoms with van der Waals surface area (Å²) in [5.41, 5.74) is 16.8. The minimum Gasteiger partial charge on any atom is -0.265 e. The lowest BCUT2D eigenvalue weighted by Crippen LogP contribution is -1.82. The van der Waals surface area contributed by atoms with E-state index in [4.69, 9.17) is 0 Å². The molecule has 10 aromatic rings. The molecule has 0 bridgehead atoms. The molecule has 0 atom stereocenters. The van der Waals surface area contributed by atoms with Crippen molar-refractivity contribution in [1.29, 1.82) is 0 Å². The van der Waals surface area contributed by atoms with E-state index in [0.717, 1.165) is 11.4 Å². The number of pyridine rings is 5. The predicted molar refractivity (Wildman–Crippen MR) is 278 cm³/mol. The number of rotatable bonds is 4. The van der Waals surface area contributed by atoms with Crippen LogP contribution in [0.25, 0.3) is 44.8 Å². The molecule has 0 spiro atoms. The van der Waals surface area contributed by atoms with Gasteiger partial charge in [0.15, 0.2) is 0 Å². The van der Waals surface area contributed by atoms with E-state index >= 15 is 0 Å². The Bertz CT molecular complexity index is 2410. The van der Waals surface area contributed by atoms with Crippen molar-refractivity contribution in [2.75, 3.05) is 0 Å². The highest BCUT2D eigenvalue weighted by Gasteiger charge is 1.98. The van der Waals surface area contributed by atoms with Crippen LogP contribution in [0.3, 0.4) is 0 Å². The fourth-order valence-electron chi connectivity index (χ4n) is 6.06. The molecule has 0 aliphatic heterocycles. The quantitative estimate of drug-likeness (QED) is 0.176. The van der Waals surface area contributed by atoms with E-state index in [9.17, 15) is 0 Å². The van der Waals surface area contributed by atoms with Crippen LogP contribution in [0.1, 0.15) is 33.4 Å². The van der Waals surface area contributed by atoms with Crippen LogP contribution in [-0.4, -0.2) is 24.9 Å². The monoisotopic (exact) mass is 861 g/mol. The molecule has 5 nitrogen and oxygen atoms in total. The van der Waals surface area contributed by atoms with E-state index in [1.807, 2.05) is 142 Å². The minimum atomic E-state index is 1.03. The highest BCUT2D eigenvalue weighted by atomic mass is 14.7. The van der Waals surface area contributed by atoms with Crippen LogP contribution >= 0.6 is 0 Å². The third-order valence-electron chi connectivity index (χ3n) is 9.85. The number of hydrogen-bond acceptors (Lipinski definition) is 5. The molecule has 66 heavy (non-hydrogen) atoms. The Morgan fingerprint density at radius 3 is 1.06 bits per heavy atom. The lowest BCUT2D eigenvalue weighted by molar-refractivity contribution is 1.27. The van der Waals surface area contributed by atoms with Crippen LogP contribution in [0, 0.1) is 41.5 Å². The van der Waals surface area contributed by atoms with Crippen molar-refractivity contribution in [2.24, 2.45) is 0 Å². The average molecular weight is 862 g/mol. The predicted octanol–water partition coefficient (Wildman–Crippen LogP) is 15.6. The standard InChI is InChI=1S/4C12H11N.C7H8.C6H7N/c1-10-2-4-11(5-3-10)12-6-8-13-9-7-12;1-10-4-6-11(7-5-10)12-3-2-8-13-9-12;1-10-5-7-11(8-6-10)12-4-2-3-9-13-12;1-10-7-8-12(13-9-10)11-5-3-2-4-6-11;1-7-5-3-2-4-6-7;1-6-3-2-4-7-5-6/h4*2-9H,1H3;2-6H,1H3;2-5H,1H3. The fraction of sp³-hybridized carbons (Fsp3) is 0.0984. The lowest BCUT2D eigenvalue weighted by Gasteiger charge is -2.00. The van der Waals surface area contributed by atoms with E-state index in [-0.39, 0.29) is 0 Å². The fourth-order valence-corrected chi connectivity index (χ4v) is 6.06. The number of nitrogens with zero attached hydrogens (tertiary/aromatic N) is 5. The summed E-state index contributed by atoms with van der Waals surface area (Å²) < 4.78 is 0. The van der Waals surface area contributed by atoms with Crippen molar-refractivity contribution < 1.29 is 0 Å². The first-order valence-corrected chi connectivity index (χ1v) is 22.0. The van der Waals surface area contributed by atoms with Gasteiger partial charge in [-0.25, -0.2) is 0 Å². The summed E-state index contributed by atoms with van der Waals surface area (Å²) in [6, 6.07) is 67.9. The van der Waals surface area contributed by atoms with E-state index in [1.54, 1.807) is 12.4 Å². The molecule has 5 heterocycles. The largest absolute Gasteiger partial charge is 0.265 e. The van der Waals surface area contributed by atoms with Gasteiger partial charge in [0, 0.05) is 60.7 Å². The molecule has 328 valence electrons. The van der Waals surface area contributed by atoms with E-state index < -0.39 is 0 Å². The van der Waals surface area contributed by atoms with Gasteiger partial charge in [-0.2, -0.15) is 0 Å². The van der Waals surface area contributed by atoms with Crippen LogP contribution in [-0.2, 0) is 0 Å². The molecule has 0 radical (unpaired) electrons. The molecular formula is C61H59N5. The topological polar surface area (TPSA) is 64.5 Å². The Morgan fingerprint density at radius 1 is 0.212 bits per heavy atom. The van der Waals surface area contributed by atoms with E-state index in [0.29, 0.717) is 0 Å². The Hall–Kier alpha value is -8.15. The molecule has 10 rings (SSSR count). The molecule has 0 fully saturated rings. The molecule has 0 unspecified atom stereocenters. The van der Waals surface area contributed by atoms with Gasteiger partial charge in [-0.15, -0.1) is 0 Å². The molecular weight excluding hydrogens is 803 g/mol. The van der Waals surface area contributed by atoms with E-state index in [1.165, 1.54) is 66.8 Å². The summed E-state index contributed by atoms with van der Waals surface area (Å²) in [6.45, 7) is 12.4. The van der Waals surface area contributed by atoms with Gasteiger partial charge in [-0.05, 0) is 117 Å². The van der Waals surface area contributed by atoms with Gasteiger partial charge < -0.3 is 0 Å². The third kappa shape index (κ3) is 18.3. The highest BCUT2D eigenvalue weighted by Crippen LogP contribution is 2.20. The van der Waals surface area contributed by atoms with E-state index in [2.05, 4.69) is 162 Å². The van der Waals surface area contributed by atoms with Gasteiger partial charge >= 0.3 is 0 Å². The molecule has 0 saturated heterocycles. The average Bonchev–Trinajstić information content (AvgIpc) is 3.37. The Balaban J connectivity index is 0.000000151. The number of aromatic nitrogens is 5. The smallest absolute Gasteiger partial charge is 0.0702 e. The molecule has 5 aromatic carbocycles. The zero-order valence-corrected chi connectivity index (χ0v) is 38.9. The maximum Gasteiger partial charge on any atom is 0.0702 e. The lowest BCUT2D eigenvalue weighted by atomic mass is 10.1. The normalized spacial score (nSPS) is 9.67. The molecule has 0 saturated carbocycles. The maximum absolute atomic E-state index is 4.35. The minimum absolute atomic E-state index is 1.03. The number of benzene rings is 5. The van der Waals surface area contributed by atoms with Crippen LogP contribution in [0.15, 0.2) is 250 Å². The summed E-state index contributed by atoms with van der Waals surface area (Å²) in [4.78, 5) is 20.6. The summed E-state index contributed by atoms with van der Waals surface area (Å²) in [7, 11) is 0. The number of aryl methyl sites for hydroxylation is 6. The van der Waals surface area contributed by atoms with Gasteiger partial charge in [0.1, 0.15) is 0 Å². The molecule has 0 amide bonds. The van der Waals surface area contributed by atoms with Gasteiger partial charge in [-0.1, -0.05) is 180 Å². The summed E-state index contributed by atoms with van der Waals surface area (Å²) in [6.07, 6.45) is 14.6. The van der Waals surface area contributed by atoms with Crippen LogP contribution in [0.5, 0.6) is 0 Å². The Labute approximate surface area is 392 Å². The summed E-state index contributed by atoms with van der Waals surface area (Å²) in [5, 5.41) is 0. The highest BCUT2D eigenvalue weighted by molar-refractivity contribution is 5.64. The first-order chi connectivity index (χ1) is 32.2. The van der Waals surface area contributed by atoms with Crippen molar-refractivity contribution in [3.8, 4) is 44.8 Å². The molecule has 0 aliphatic carbocycles. The zero-order valence-electron chi connectivity index (χ0n) is 38.9. The Kier molecular flexibility index (Phi) is 20.6. The van der Waals surface area contributed by atoms with Crippen molar-refractivity contribution in [3.63, 3.8) is 0 Å². The van der Waals surface area contributed by atoms with Crippen molar-refractivity contribution in [1.82, 2.24) is 24.9 Å². The van der Waals surface area contributed by atoms with Crippen molar-refractivity contribution in [2.45, 2.75) is 41.5 Å². The van der Waals surface area contributed by atoms with Crippen molar-refractivity contribution in [3.05, 3.63) is 283 Å². The number of hydrogen-bond donors (Lipinski definition) is 0. The van der Waals surface area contributed by atoms with Gasteiger partial charge in [-0.3, -0.25) is 24.9 Å². The van der Waals surface area contributed by atoms with Gasteiger partial charge in [0.05, 0.1) is 11.4 Å². The Morgan fingerprint density at radius 2 is 0.621 bits per heavy atom. The second-order valence-corrected chi connectivity index (χ2v) is 15.6. The first kappa shape index (κ1) is 48.9. The van der Waals surface area contributed by atoms with Gasteiger partial charge in [0.25, 0.3) is 0 Å². The maximum atomic E-state index is 4.35. The second-order valence-electron chi connectivity index (χ2n) is 15.6. The molecule has 5 aromatic heterocycles. The van der Waals surface area contributed by atoms with Gasteiger partial charge in [0.2, 0.25) is 0 Å². The molecule has 0 aliphatic rings. The SMILES string of the molecule is Cc1ccc(-c2ccccc2)nc1.Cc1ccc(-c2ccccn2)cc1.Cc1ccc(-c2cccnc2)cc1.Cc1ccc(-c2ccncc2)cc1.Cc1ccccc1.Cc1cccnc1. The first-order valence-electron chi connectivity index (χ1n) is 22.0. The van der Waals surface area contributed by atoms with Crippen LogP contribution in [0.4, 0.5) is 0 Å². The van der Waals surface area contributed by atoms with Crippen LogP contribution < -0.4 is 0 Å². The third-order valence-corrected chi connectivity index (χ3v) is 9.85. The second kappa shape index (κ2) is 27.8. The molecule has 5 heteroatoms. The molecule has 0 N–H and O–H groups in total. The summed E-state index contributed by atoms with van der Waals surface area (Å²) >= 11 is 0.